The van der Waals surface area contributed by atoms with Crippen LogP contribution >= 0.6 is 0 Å². The van der Waals surface area contributed by atoms with Crippen LogP contribution in [0.25, 0.3) is 0 Å². The highest BCUT2D eigenvalue weighted by Gasteiger charge is 2.08. The van der Waals surface area contributed by atoms with Gasteiger partial charge in [0, 0.05) is 6.54 Å². The van der Waals surface area contributed by atoms with Gasteiger partial charge in [-0.3, -0.25) is 0 Å². The largest absolute Gasteiger partial charge is 0.494 e. The third-order valence-electron chi connectivity index (χ3n) is 3.33. The zero-order valence-electron chi connectivity index (χ0n) is 13.0. The summed E-state index contributed by atoms with van der Waals surface area (Å²) in [5.74, 6) is 0.841. The second kappa shape index (κ2) is 8.08. The topological polar surface area (TPSA) is 50.4 Å². The first kappa shape index (κ1) is 15.9. The molecule has 4 nitrogen and oxygen atoms in total. The van der Waals surface area contributed by atoms with E-state index in [4.69, 9.17) is 4.74 Å². The molecule has 0 aromatic heterocycles. The molecule has 2 aromatic rings. The maximum absolute atomic E-state index is 11.9. The smallest absolute Gasteiger partial charge is 0.315 e. The van der Waals surface area contributed by atoms with Crippen LogP contribution in [0.3, 0.4) is 0 Å². The van der Waals surface area contributed by atoms with Gasteiger partial charge >= 0.3 is 6.03 Å². The molecule has 0 saturated carbocycles. The molecule has 1 unspecified atom stereocenters. The van der Waals surface area contributed by atoms with Crippen molar-refractivity contribution in [3.63, 3.8) is 0 Å². The van der Waals surface area contributed by atoms with E-state index < -0.39 is 0 Å². The van der Waals surface area contributed by atoms with E-state index in [2.05, 4.69) is 10.6 Å². The number of amides is 2. The molecule has 2 amide bonds. The molecular weight excluding hydrogens is 276 g/mol. The summed E-state index contributed by atoms with van der Waals surface area (Å²) in [7, 11) is 0. The number of benzene rings is 2. The summed E-state index contributed by atoms with van der Waals surface area (Å²) in [6.07, 6.45) is 0. The fourth-order valence-corrected chi connectivity index (χ4v) is 2.13. The molecule has 0 bridgehead atoms. The number of hydrogen-bond donors (Lipinski definition) is 2. The van der Waals surface area contributed by atoms with E-state index in [1.165, 1.54) is 0 Å². The van der Waals surface area contributed by atoms with Crippen LogP contribution in [0.4, 0.5) is 4.79 Å². The molecule has 0 fully saturated rings. The van der Waals surface area contributed by atoms with Crippen molar-refractivity contribution in [1.29, 1.82) is 0 Å². The Kier molecular flexibility index (Phi) is 5.83. The fourth-order valence-electron chi connectivity index (χ4n) is 2.13. The lowest BCUT2D eigenvalue weighted by molar-refractivity contribution is 0.237. The van der Waals surface area contributed by atoms with E-state index in [1.807, 2.05) is 68.4 Å². The highest BCUT2D eigenvalue weighted by molar-refractivity contribution is 5.74. The Balaban J connectivity index is 1.80. The number of hydrogen-bond acceptors (Lipinski definition) is 2. The lowest BCUT2D eigenvalue weighted by Gasteiger charge is -2.15. The van der Waals surface area contributed by atoms with Crippen LogP contribution in [0, 0.1) is 0 Å². The molecular formula is C18H22N2O2. The zero-order valence-corrected chi connectivity index (χ0v) is 13.0. The minimum Gasteiger partial charge on any atom is -0.494 e. The van der Waals surface area contributed by atoms with E-state index in [1.54, 1.807) is 0 Å². The standard InChI is InChI=1S/C18H22N2O2/c1-3-22-17-11-9-15(10-12-17)13-19-18(21)20-14(2)16-7-5-4-6-8-16/h4-12,14H,3,13H2,1-2H3,(H2,19,20,21). The number of nitrogens with one attached hydrogen (secondary N) is 2. The van der Waals surface area contributed by atoms with Crippen molar-refractivity contribution >= 4 is 6.03 Å². The van der Waals surface area contributed by atoms with Crippen LogP contribution in [-0.2, 0) is 6.54 Å². The molecule has 2 rings (SSSR count). The normalized spacial score (nSPS) is 11.5. The van der Waals surface area contributed by atoms with Gasteiger partial charge in [0.05, 0.1) is 12.6 Å². The van der Waals surface area contributed by atoms with Gasteiger partial charge in [0.15, 0.2) is 0 Å². The van der Waals surface area contributed by atoms with Crippen molar-refractivity contribution in [1.82, 2.24) is 10.6 Å². The fraction of sp³-hybridized carbons (Fsp3) is 0.278. The van der Waals surface area contributed by atoms with Crippen molar-refractivity contribution in [3.05, 3.63) is 65.7 Å². The van der Waals surface area contributed by atoms with Gasteiger partial charge in [-0.25, -0.2) is 4.79 Å². The molecule has 116 valence electrons. The molecule has 1 atom stereocenters. The number of carbonyl (C=O) groups excluding carboxylic acids is 1. The Morgan fingerprint density at radius 3 is 2.41 bits per heavy atom. The number of rotatable bonds is 6. The average molecular weight is 298 g/mol. The van der Waals surface area contributed by atoms with Crippen molar-refractivity contribution in [2.24, 2.45) is 0 Å². The van der Waals surface area contributed by atoms with Gasteiger partial charge in [0.2, 0.25) is 0 Å². The SMILES string of the molecule is CCOc1ccc(CNC(=O)NC(C)c2ccccc2)cc1. The second-order valence-corrected chi connectivity index (χ2v) is 5.04. The molecule has 0 aliphatic carbocycles. The van der Waals surface area contributed by atoms with E-state index in [-0.39, 0.29) is 12.1 Å². The van der Waals surface area contributed by atoms with E-state index in [0.717, 1.165) is 16.9 Å². The monoisotopic (exact) mass is 298 g/mol. The molecule has 2 N–H and O–H groups in total. The number of carbonyl (C=O) groups is 1. The lowest BCUT2D eigenvalue weighted by Crippen LogP contribution is -2.36. The van der Waals surface area contributed by atoms with Crippen LogP contribution in [0.5, 0.6) is 5.75 Å². The van der Waals surface area contributed by atoms with Crippen molar-refractivity contribution in [3.8, 4) is 5.75 Å². The maximum atomic E-state index is 11.9. The molecule has 0 radical (unpaired) electrons. The molecule has 0 aliphatic rings. The number of urea groups is 1. The molecule has 0 heterocycles. The summed E-state index contributed by atoms with van der Waals surface area (Å²) < 4.78 is 5.39. The van der Waals surface area contributed by atoms with Gasteiger partial charge in [-0.1, -0.05) is 42.5 Å². The van der Waals surface area contributed by atoms with Gasteiger partial charge in [0.1, 0.15) is 5.75 Å². The Labute approximate surface area is 131 Å². The Bertz CT molecular complexity index is 582. The summed E-state index contributed by atoms with van der Waals surface area (Å²) in [5.41, 5.74) is 2.12. The highest BCUT2D eigenvalue weighted by atomic mass is 16.5. The zero-order chi connectivity index (χ0) is 15.8. The van der Waals surface area contributed by atoms with Crippen LogP contribution in [-0.4, -0.2) is 12.6 Å². The summed E-state index contributed by atoms with van der Waals surface area (Å²) in [6, 6.07) is 17.4. The summed E-state index contributed by atoms with van der Waals surface area (Å²) in [4.78, 5) is 11.9. The molecule has 22 heavy (non-hydrogen) atoms. The predicted octanol–water partition coefficient (Wildman–Crippen LogP) is 3.65. The van der Waals surface area contributed by atoms with Crippen LogP contribution in [0.15, 0.2) is 54.6 Å². The first-order chi connectivity index (χ1) is 10.7. The van der Waals surface area contributed by atoms with Crippen molar-refractivity contribution in [2.45, 2.75) is 26.4 Å². The average Bonchev–Trinajstić information content (AvgIpc) is 2.55. The second-order valence-electron chi connectivity index (χ2n) is 5.04. The molecule has 4 heteroatoms. The summed E-state index contributed by atoms with van der Waals surface area (Å²) in [6.45, 7) is 5.05. The van der Waals surface area contributed by atoms with Crippen LogP contribution in [0.1, 0.15) is 31.0 Å². The minimum atomic E-state index is -0.176. The Morgan fingerprint density at radius 1 is 1.09 bits per heavy atom. The Hall–Kier alpha value is -2.49. The summed E-state index contributed by atoms with van der Waals surface area (Å²) in [5, 5.41) is 5.78. The first-order valence-electron chi connectivity index (χ1n) is 7.50. The minimum absolute atomic E-state index is 0.0264. The number of ether oxygens (including phenoxy) is 1. The van der Waals surface area contributed by atoms with Crippen molar-refractivity contribution < 1.29 is 9.53 Å². The Morgan fingerprint density at radius 2 is 1.77 bits per heavy atom. The third-order valence-corrected chi connectivity index (χ3v) is 3.33. The van der Waals surface area contributed by atoms with Gasteiger partial charge < -0.3 is 15.4 Å². The van der Waals surface area contributed by atoms with Gasteiger partial charge in [0.25, 0.3) is 0 Å². The molecule has 0 spiro atoms. The molecule has 0 aliphatic heterocycles. The molecule has 0 saturated heterocycles. The van der Waals surface area contributed by atoms with E-state index >= 15 is 0 Å². The highest BCUT2D eigenvalue weighted by Crippen LogP contribution is 2.12. The van der Waals surface area contributed by atoms with Gasteiger partial charge in [-0.05, 0) is 37.1 Å². The maximum Gasteiger partial charge on any atom is 0.315 e. The van der Waals surface area contributed by atoms with Gasteiger partial charge in [-0.2, -0.15) is 0 Å². The van der Waals surface area contributed by atoms with Crippen molar-refractivity contribution in [2.75, 3.05) is 6.61 Å². The van der Waals surface area contributed by atoms with Crippen LogP contribution in [0.2, 0.25) is 0 Å². The van der Waals surface area contributed by atoms with Crippen LogP contribution < -0.4 is 15.4 Å². The quantitative estimate of drug-likeness (QED) is 0.855. The van der Waals surface area contributed by atoms with E-state index in [0.29, 0.717) is 13.2 Å². The first-order valence-corrected chi connectivity index (χ1v) is 7.50. The lowest BCUT2D eigenvalue weighted by atomic mass is 10.1. The predicted molar refractivity (Wildman–Crippen MR) is 87.8 cm³/mol. The van der Waals surface area contributed by atoms with E-state index in [9.17, 15) is 4.79 Å². The van der Waals surface area contributed by atoms with Gasteiger partial charge in [-0.15, -0.1) is 0 Å². The molecule has 2 aromatic carbocycles. The third kappa shape index (κ3) is 4.81. The summed E-state index contributed by atoms with van der Waals surface area (Å²) >= 11 is 0.